The average Bonchev–Trinajstić information content (AvgIpc) is 2.99. The number of hydrogen-bond donors (Lipinski definition) is 1. The van der Waals surface area contributed by atoms with Gasteiger partial charge < -0.3 is 15.0 Å². The Labute approximate surface area is 141 Å². The van der Waals surface area contributed by atoms with Gasteiger partial charge >= 0.3 is 0 Å². The van der Waals surface area contributed by atoms with E-state index in [0.29, 0.717) is 25.3 Å². The zero-order valence-corrected chi connectivity index (χ0v) is 13.6. The number of amides is 2. The van der Waals surface area contributed by atoms with Crippen LogP contribution in [0.3, 0.4) is 0 Å². The normalized spacial score (nSPS) is 17.0. The molecule has 0 bridgehead atoms. The summed E-state index contributed by atoms with van der Waals surface area (Å²) in [6.07, 6.45) is 0.524. The molecule has 0 saturated carbocycles. The molecule has 1 heterocycles. The third-order valence-electron chi connectivity index (χ3n) is 4.02. The van der Waals surface area contributed by atoms with Crippen LogP contribution in [0.5, 0.6) is 5.75 Å². The van der Waals surface area contributed by atoms with Crippen LogP contribution in [-0.4, -0.2) is 25.0 Å². The second kappa shape index (κ2) is 7.17. The van der Waals surface area contributed by atoms with Gasteiger partial charge in [0.25, 0.3) is 0 Å². The van der Waals surface area contributed by atoms with Gasteiger partial charge in [0.05, 0.1) is 6.61 Å². The van der Waals surface area contributed by atoms with E-state index in [0.717, 1.165) is 11.4 Å². The second-order valence-electron chi connectivity index (χ2n) is 5.61. The number of rotatable bonds is 5. The maximum atomic E-state index is 12.5. The van der Waals surface area contributed by atoms with E-state index >= 15 is 0 Å². The average molecular weight is 324 g/mol. The van der Waals surface area contributed by atoms with Crippen molar-refractivity contribution in [2.45, 2.75) is 13.3 Å². The van der Waals surface area contributed by atoms with Crippen LogP contribution < -0.4 is 15.0 Å². The largest absolute Gasteiger partial charge is 0.494 e. The molecule has 1 aliphatic rings. The summed E-state index contributed by atoms with van der Waals surface area (Å²) in [4.78, 5) is 26.6. The molecule has 2 amide bonds. The third-order valence-corrected chi connectivity index (χ3v) is 4.02. The topological polar surface area (TPSA) is 58.6 Å². The van der Waals surface area contributed by atoms with Crippen molar-refractivity contribution in [2.24, 2.45) is 5.92 Å². The molecule has 5 nitrogen and oxygen atoms in total. The Morgan fingerprint density at radius 1 is 1.17 bits per heavy atom. The summed E-state index contributed by atoms with van der Waals surface area (Å²) >= 11 is 0. The predicted octanol–water partition coefficient (Wildman–Crippen LogP) is 3.08. The molecule has 0 spiro atoms. The maximum absolute atomic E-state index is 12.5. The summed E-state index contributed by atoms with van der Waals surface area (Å²) in [5, 5.41) is 2.81. The highest BCUT2D eigenvalue weighted by Gasteiger charge is 2.37. The molecule has 2 aromatic carbocycles. The van der Waals surface area contributed by atoms with Crippen LogP contribution in [0.15, 0.2) is 54.6 Å². The first-order chi connectivity index (χ1) is 11.7. The highest BCUT2D eigenvalue weighted by Crippen LogP contribution is 2.26. The zero-order valence-electron chi connectivity index (χ0n) is 13.6. The second-order valence-corrected chi connectivity index (χ2v) is 5.61. The van der Waals surface area contributed by atoms with Crippen molar-refractivity contribution < 1.29 is 14.3 Å². The van der Waals surface area contributed by atoms with Gasteiger partial charge in [0.1, 0.15) is 11.7 Å². The van der Waals surface area contributed by atoms with Gasteiger partial charge in [-0.25, -0.2) is 0 Å². The van der Waals surface area contributed by atoms with E-state index in [4.69, 9.17) is 4.74 Å². The van der Waals surface area contributed by atoms with Gasteiger partial charge in [-0.05, 0) is 49.7 Å². The molecule has 0 aliphatic carbocycles. The summed E-state index contributed by atoms with van der Waals surface area (Å²) in [7, 11) is 0. The van der Waals surface area contributed by atoms with Gasteiger partial charge in [0.2, 0.25) is 11.8 Å². The molecule has 24 heavy (non-hydrogen) atoms. The van der Waals surface area contributed by atoms with E-state index in [-0.39, 0.29) is 11.8 Å². The van der Waals surface area contributed by atoms with Crippen molar-refractivity contribution >= 4 is 23.2 Å². The third kappa shape index (κ3) is 3.40. The molecule has 1 aliphatic heterocycles. The van der Waals surface area contributed by atoms with Crippen LogP contribution in [0.2, 0.25) is 0 Å². The number of carbonyl (C=O) groups excluding carboxylic acids is 2. The summed E-state index contributed by atoms with van der Waals surface area (Å²) in [6.45, 7) is 3.07. The van der Waals surface area contributed by atoms with Crippen LogP contribution in [0.4, 0.5) is 11.4 Å². The van der Waals surface area contributed by atoms with E-state index in [9.17, 15) is 9.59 Å². The minimum Gasteiger partial charge on any atom is -0.494 e. The van der Waals surface area contributed by atoms with Gasteiger partial charge in [-0.1, -0.05) is 18.2 Å². The van der Waals surface area contributed by atoms with Crippen LogP contribution in [0, 0.1) is 5.92 Å². The molecular weight excluding hydrogens is 304 g/mol. The predicted molar refractivity (Wildman–Crippen MR) is 93.1 cm³/mol. The molecule has 1 N–H and O–H groups in total. The van der Waals surface area contributed by atoms with Crippen LogP contribution in [-0.2, 0) is 9.59 Å². The molecule has 124 valence electrons. The lowest BCUT2D eigenvalue weighted by Gasteiger charge is -2.16. The monoisotopic (exact) mass is 324 g/mol. The maximum Gasteiger partial charge on any atom is 0.239 e. The van der Waals surface area contributed by atoms with E-state index in [1.165, 1.54) is 0 Å². The van der Waals surface area contributed by atoms with E-state index in [1.54, 1.807) is 29.2 Å². The van der Waals surface area contributed by atoms with Gasteiger partial charge in [0, 0.05) is 17.9 Å². The van der Waals surface area contributed by atoms with E-state index in [1.807, 2.05) is 37.3 Å². The minimum atomic E-state index is -0.642. The molecular formula is C19H20N2O3. The summed E-state index contributed by atoms with van der Waals surface area (Å²) < 4.78 is 5.37. The zero-order chi connectivity index (χ0) is 16.9. The lowest BCUT2D eigenvalue weighted by molar-refractivity contribution is -0.129. The van der Waals surface area contributed by atoms with Gasteiger partial charge in [-0.15, -0.1) is 0 Å². The lowest BCUT2D eigenvalue weighted by Crippen LogP contribution is -2.33. The fourth-order valence-electron chi connectivity index (χ4n) is 2.82. The first kappa shape index (κ1) is 16.1. The smallest absolute Gasteiger partial charge is 0.239 e. The van der Waals surface area contributed by atoms with Crippen molar-refractivity contribution in [2.75, 3.05) is 23.4 Å². The standard InChI is InChI=1S/C19H20N2O3/c1-2-24-16-10-8-14(9-11-16)20-18(22)17-12-13-21(19(17)23)15-6-4-3-5-7-15/h3-11,17H,2,12-13H2,1H3,(H,20,22)/t17-/m1/s1. The number of para-hydroxylation sites is 1. The Morgan fingerprint density at radius 2 is 1.88 bits per heavy atom. The summed E-state index contributed by atoms with van der Waals surface area (Å²) in [5.74, 6) is -0.299. The summed E-state index contributed by atoms with van der Waals surface area (Å²) in [6, 6.07) is 16.6. The van der Waals surface area contributed by atoms with Crippen molar-refractivity contribution in [3.05, 3.63) is 54.6 Å². The molecule has 5 heteroatoms. The van der Waals surface area contributed by atoms with Gasteiger partial charge in [-0.2, -0.15) is 0 Å². The number of anilines is 2. The Kier molecular flexibility index (Phi) is 4.79. The quantitative estimate of drug-likeness (QED) is 0.860. The molecule has 0 unspecified atom stereocenters. The number of benzene rings is 2. The van der Waals surface area contributed by atoms with E-state index < -0.39 is 5.92 Å². The lowest BCUT2D eigenvalue weighted by atomic mass is 10.1. The number of nitrogens with zero attached hydrogens (tertiary/aromatic N) is 1. The molecule has 0 aromatic heterocycles. The Balaban J connectivity index is 1.64. The Morgan fingerprint density at radius 3 is 2.54 bits per heavy atom. The fraction of sp³-hybridized carbons (Fsp3) is 0.263. The number of hydrogen-bond acceptors (Lipinski definition) is 3. The number of carbonyl (C=O) groups is 2. The van der Waals surface area contributed by atoms with Crippen molar-refractivity contribution in [3.63, 3.8) is 0 Å². The molecule has 1 atom stereocenters. The van der Waals surface area contributed by atoms with Crippen molar-refractivity contribution in [3.8, 4) is 5.75 Å². The highest BCUT2D eigenvalue weighted by molar-refractivity contribution is 6.13. The molecule has 3 rings (SSSR count). The Bertz CT molecular complexity index is 713. The Hall–Kier alpha value is -2.82. The molecule has 0 radical (unpaired) electrons. The van der Waals surface area contributed by atoms with Crippen LogP contribution in [0.25, 0.3) is 0 Å². The van der Waals surface area contributed by atoms with Crippen LogP contribution in [0.1, 0.15) is 13.3 Å². The number of ether oxygens (including phenoxy) is 1. The first-order valence-corrected chi connectivity index (χ1v) is 8.09. The first-order valence-electron chi connectivity index (χ1n) is 8.09. The van der Waals surface area contributed by atoms with Gasteiger partial charge in [0.15, 0.2) is 0 Å². The van der Waals surface area contributed by atoms with Crippen molar-refractivity contribution in [1.82, 2.24) is 0 Å². The van der Waals surface area contributed by atoms with E-state index in [2.05, 4.69) is 5.32 Å². The number of nitrogens with one attached hydrogen (secondary N) is 1. The van der Waals surface area contributed by atoms with Gasteiger partial charge in [-0.3, -0.25) is 9.59 Å². The minimum absolute atomic E-state index is 0.148. The molecule has 2 aromatic rings. The SMILES string of the molecule is CCOc1ccc(NC(=O)[C@H]2CCN(c3ccccc3)C2=O)cc1. The summed E-state index contributed by atoms with van der Waals surface area (Å²) in [5.41, 5.74) is 1.49. The molecule has 1 fully saturated rings. The fourth-order valence-corrected chi connectivity index (χ4v) is 2.82. The van der Waals surface area contributed by atoms with Crippen LogP contribution >= 0.6 is 0 Å². The molecule has 1 saturated heterocycles. The van der Waals surface area contributed by atoms with Crippen molar-refractivity contribution in [1.29, 1.82) is 0 Å². The highest BCUT2D eigenvalue weighted by atomic mass is 16.5.